The number of nitro benzene ring substituents is 1. The van der Waals surface area contributed by atoms with E-state index in [4.69, 9.17) is 11.6 Å². The number of hydrogen-bond donors (Lipinski definition) is 2. The van der Waals surface area contributed by atoms with Crippen LogP contribution >= 0.6 is 11.6 Å². The van der Waals surface area contributed by atoms with Crippen LogP contribution in [0.2, 0.25) is 5.02 Å². The van der Waals surface area contributed by atoms with Crippen LogP contribution in [0.1, 0.15) is 10.4 Å². The zero-order valence-electron chi connectivity index (χ0n) is 11.1. The highest BCUT2D eigenvalue weighted by Crippen LogP contribution is 2.22. The maximum atomic E-state index is 12.1. The molecule has 1 aliphatic rings. The Morgan fingerprint density at radius 2 is 2.10 bits per heavy atom. The molecule has 1 aliphatic heterocycles. The Hall–Kier alpha value is -1.70. The van der Waals surface area contributed by atoms with Crippen molar-refractivity contribution in [3.63, 3.8) is 0 Å². The van der Waals surface area contributed by atoms with Gasteiger partial charge in [0.05, 0.1) is 38.2 Å². The minimum absolute atomic E-state index is 0.0197. The maximum Gasteiger partial charge on any atom is 0.282 e. The molecule has 2 N–H and O–H groups in total. The number of nitrogens with zero attached hydrogens (tertiary/aromatic N) is 2. The predicted octanol–water partition coefficient (Wildman–Crippen LogP) is -0.277. The van der Waals surface area contributed by atoms with Crippen molar-refractivity contribution >= 4 is 23.2 Å². The molecule has 1 aromatic rings. The number of carbonyl (C=O) groups is 1. The minimum atomic E-state index is -0.584. The molecule has 0 spiro atoms. The number of rotatable bonds is 3. The van der Waals surface area contributed by atoms with Crippen LogP contribution in [0.4, 0.5) is 5.69 Å². The van der Waals surface area contributed by atoms with E-state index in [0.717, 1.165) is 13.1 Å². The Labute approximate surface area is 121 Å². The van der Waals surface area contributed by atoms with E-state index in [9.17, 15) is 14.9 Å². The van der Waals surface area contributed by atoms with E-state index in [0.29, 0.717) is 18.1 Å². The van der Waals surface area contributed by atoms with Gasteiger partial charge in [-0.3, -0.25) is 20.3 Å². The number of benzene rings is 1. The first-order chi connectivity index (χ1) is 9.47. The molecule has 0 saturated carbocycles. The van der Waals surface area contributed by atoms with Crippen molar-refractivity contribution < 1.29 is 14.6 Å². The molecule has 8 heteroatoms. The van der Waals surface area contributed by atoms with Gasteiger partial charge in [-0.05, 0) is 12.1 Å². The second-order valence-corrected chi connectivity index (χ2v) is 5.24. The van der Waals surface area contributed by atoms with Crippen molar-refractivity contribution in [1.82, 2.24) is 10.4 Å². The number of likely N-dealkylation sites (N-methyl/N-ethyl adjacent to an activating group) is 1. The number of amides is 1. The topological polar surface area (TPSA) is 79.9 Å². The van der Waals surface area contributed by atoms with Crippen LogP contribution in [0, 0.1) is 10.1 Å². The van der Waals surface area contributed by atoms with E-state index in [1.54, 1.807) is 5.01 Å². The Kier molecular flexibility index (Phi) is 4.53. The summed E-state index contributed by atoms with van der Waals surface area (Å²) in [6.07, 6.45) is 0. The van der Waals surface area contributed by atoms with Gasteiger partial charge in [-0.25, -0.2) is 5.01 Å². The van der Waals surface area contributed by atoms with Crippen molar-refractivity contribution in [3.8, 4) is 0 Å². The summed E-state index contributed by atoms with van der Waals surface area (Å²) in [5.41, 5.74) is 2.43. The first-order valence-electron chi connectivity index (χ1n) is 6.28. The number of nitro groups is 1. The molecule has 0 aromatic heterocycles. The quantitative estimate of drug-likeness (QED) is 0.594. The Balaban J connectivity index is 2.12. The van der Waals surface area contributed by atoms with Crippen molar-refractivity contribution in [3.05, 3.63) is 38.9 Å². The van der Waals surface area contributed by atoms with Crippen molar-refractivity contribution in [2.75, 3.05) is 33.2 Å². The smallest absolute Gasteiger partial charge is 0.282 e. The van der Waals surface area contributed by atoms with Gasteiger partial charge in [0.2, 0.25) is 0 Å². The highest BCUT2D eigenvalue weighted by molar-refractivity contribution is 6.31. The van der Waals surface area contributed by atoms with Crippen LogP contribution in [-0.2, 0) is 0 Å². The molecule has 0 atom stereocenters. The van der Waals surface area contributed by atoms with Gasteiger partial charge in [0.25, 0.3) is 11.6 Å². The molecule has 1 heterocycles. The molecule has 0 aliphatic carbocycles. The molecule has 7 nitrogen and oxygen atoms in total. The molecular formula is C12H16ClN4O3+. The molecule has 20 heavy (non-hydrogen) atoms. The van der Waals surface area contributed by atoms with Crippen molar-refractivity contribution in [2.24, 2.45) is 0 Å². The van der Waals surface area contributed by atoms with Gasteiger partial charge < -0.3 is 4.90 Å². The molecule has 1 amide bonds. The second-order valence-electron chi connectivity index (χ2n) is 4.80. The Bertz CT molecular complexity index is 529. The maximum absolute atomic E-state index is 12.1. The van der Waals surface area contributed by atoms with Crippen LogP contribution in [0.15, 0.2) is 18.2 Å². The van der Waals surface area contributed by atoms with Gasteiger partial charge in [-0.1, -0.05) is 11.6 Å². The summed E-state index contributed by atoms with van der Waals surface area (Å²) in [6, 6.07) is 3.96. The number of piperazine rings is 1. The van der Waals surface area contributed by atoms with Gasteiger partial charge >= 0.3 is 0 Å². The van der Waals surface area contributed by atoms with Gasteiger partial charge in [-0.2, -0.15) is 0 Å². The second kappa shape index (κ2) is 6.17. The SMILES string of the molecule is C[NH+]1CCN(NC(=O)c2cc(Cl)ccc2[N+](=O)[O-])CC1. The molecule has 1 fully saturated rings. The summed E-state index contributed by atoms with van der Waals surface area (Å²) in [5, 5.41) is 13.0. The number of carbonyl (C=O) groups excluding carboxylic acids is 1. The van der Waals surface area contributed by atoms with Crippen LogP contribution < -0.4 is 10.3 Å². The average Bonchev–Trinajstić information content (AvgIpc) is 2.41. The summed E-state index contributed by atoms with van der Waals surface area (Å²) < 4.78 is 0. The normalized spacial score (nSPS) is 16.9. The molecule has 108 valence electrons. The van der Waals surface area contributed by atoms with E-state index in [1.165, 1.54) is 23.1 Å². The van der Waals surface area contributed by atoms with Crippen LogP contribution in [0.3, 0.4) is 0 Å². The third kappa shape index (κ3) is 3.44. The lowest BCUT2D eigenvalue weighted by Gasteiger charge is -2.30. The predicted molar refractivity (Wildman–Crippen MR) is 73.8 cm³/mol. The number of halogens is 1. The summed E-state index contributed by atoms with van der Waals surface area (Å²) >= 11 is 5.81. The number of quaternary nitrogens is 1. The first-order valence-corrected chi connectivity index (χ1v) is 6.66. The molecule has 1 saturated heterocycles. The monoisotopic (exact) mass is 299 g/mol. The minimum Gasteiger partial charge on any atom is -0.335 e. The van der Waals surface area contributed by atoms with E-state index in [2.05, 4.69) is 12.5 Å². The lowest BCUT2D eigenvalue weighted by molar-refractivity contribution is -0.884. The highest BCUT2D eigenvalue weighted by Gasteiger charge is 2.24. The van der Waals surface area contributed by atoms with Crippen molar-refractivity contribution in [1.29, 1.82) is 0 Å². The van der Waals surface area contributed by atoms with E-state index in [1.807, 2.05) is 0 Å². The molecule has 2 rings (SSSR count). The third-order valence-corrected chi connectivity index (χ3v) is 3.51. The van der Waals surface area contributed by atoms with Crippen LogP contribution in [0.5, 0.6) is 0 Å². The first kappa shape index (κ1) is 14.7. The zero-order chi connectivity index (χ0) is 14.7. The van der Waals surface area contributed by atoms with Gasteiger partial charge in [-0.15, -0.1) is 0 Å². The largest absolute Gasteiger partial charge is 0.335 e. The van der Waals surface area contributed by atoms with Gasteiger partial charge in [0.15, 0.2) is 0 Å². The Morgan fingerprint density at radius 1 is 1.45 bits per heavy atom. The fourth-order valence-electron chi connectivity index (χ4n) is 2.05. The van der Waals surface area contributed by atoms with Crippen LogP contribution in [0.25, 0.3) is 0 Å². The lowest BCUT2D eigenvalue weighted by Crippen LogP contribution is -3.12. The lowest BCUT2D eigenvalue weighted by atomic mass is 10.1. The summed E-state index contributed by atoms with van der Waals surface area (Å²) in [6.45, 7) is 3.26. The average molecular weight is 300 g/mol. The highest BCUT2D eigenvalue weighted by atomic mass is 35.5. The fraction of sp³-hybridized carbons (Fsp3) is 0.417. The van der Waals surface area contributed by atoms with Crippen LogP contribution in [-0.4, -0.2) is 49.1 Å². The summed E-state index contributed by atoms with van der Waals surface area (Å²) in [7, 11) is 2.08. The summed E-state index contributed by atoms with van der Waals surface area (Å²) in [5.74, 6) is -0.501. The number of hydrazine groups is 1. The van der Waals surface area contributed by atoms with E-state index in [-0.39, 0.29) is 11.3 Å². The van der Waals surface area contributed by atoms with Gasteiger partial charge in [0.1, 0.15) is 5.56 Å². The molecule has 0 unspecified atom stereocenters. The zero-order valence-corrected chi connectivity index (χ0v) is 11.8. The number of hydrogen-bond acceptors (Lipinski definition) is 4. The van der Waals surface area contributed by atoms with E-state index < -0.39 is 10.8 Å². The Morgan fingerprint density at radius 3 is 2.70 bits per heavy atom. The fourth-order valence-corrected chi connectivity index (χ4v) is 2.23. The third-order valence-electron chi connectivity index (χ3n) is 3.28. The number of nitrogens with one attached hydrogen (secondary N) is 2. The van der Waals surface area contributed by atoms with E-state index >= 15 is 0 Å². The van der Waals surface area contributed by atoms with Gasteiger partial charge in [0, 0.05) is 11.1 Å². The molecule has 1 aromatic carbocycles. The standard InChI is InChI=1S/C12H15ClN4O3/c1-15-4-6-16(7-5-15)14-12(18)10-8-9(13)2-3-11(10)17(19)20/h2-3,8H,4-7H2,1H3,(H,14,18)/p+1. The van der Waals surface area contributed by atoms with Crippen molar-refractivity contribution in [2.45, 2.75) is 0 Å². The molecule has 0 radical (unpaired) electrons. The molecular weight excluding hydrogens is 284 g/mol. The molecule has 0 bridgehead atoms. The summed E-state index contributed by atoms with van der Waals surface area (Å²) in [4.78, 5) is 23.9.